The van der Waals surface area contributed by atoms with Crippen molar-refractivity contribution in [2.24, 2.45) is 0 Å². The van der Waals surface area contributed by atoms with Crippen LogP contribution in [0.15, 0.2) is 30.5 Å². The quantitative estimate of drug-likeness (QED) is 0.919. The van der Waals surface area contributed by atoms with Crippen LogP contribution in [0.25, 0.3) is 11.3 Å². The van der Waals surface area contributed by atoms with Crippen molar-refractivity contribution in [3.63, 3.8) is 0 Å². The Bertz CT molecular complexity index is 716. The summed E-state index contributed by atoms with van der Waals surface area (Å²) in [5, 5.41) is 4.38. The van der Waals surface area contributed by atoms with Gasteiger partial charge in [0.1, 0.15) is 15.5 Å². The second kappa shape index (κ2) is 5.89. The number of hydrogen-bond acceptors (Lipinski definition) is 4. The Morgan fingerprint density at radius 3 is 2.38 bits per heavy atom. The third-order valence-corrected chi connectivity index (χ3v) is 4.26. The van der Waals surface area contributed by atoms with E-state index in [1.54, 1.807) is 10.9 Å². The number of sulfone groups is 1. The maximum absolute atomic E-state index is 11.2. The number of hydrogen-bond donors (Lipinski definition) is 1. The number of benzene rings is 1. The lowest BCUT2D eigenvalue weighted by molar-refractivity contribution is 0.586. The predicted molar refractivity (Wildman–Crippen MR) is 85.9 cm³/mol. The zero-order valence-corrected chi connectivity index (χ0v) is 13.4. The summed E-state index contributed by atoms with van der Waals surface area (Å²) in [6.45, 7) is 4.60. The Morgan fingerprint density at radius 2 is 1.86 bits per heavy atom. The molecule has 1 aromatic carbocycles. The van der Waals surface area contributed by atoms with Gasteiger partial charge in [-0.05, 0) is 11.5 Å². The smallest absolute Gasteiger partial charge is 0.149 e. The van der Waals surface area contributed by atoms with Gasteiger partial charge in [0.15, 0.2) is 0 Å². The number of anilines is 1. The van der Waals surface area contributed by atoms with Crippen molar-refractivity contribution in [2.45, 2.75) is 26.3 Å². The molecule has 0 aliphatic carbocycles. The molecule has 0 bridgehead atoms. The third-order valence-electron chi connectivity index (χ3n) is 3.33. The van der Waals surface area contributed by atoms with Crippen LogP contribution < -0.4 is 5.73 Å². The molecule has 0 radical (unpaired) electrons. The van der Waals surface area contributed by atoms with Crippen LogP contribution in [-0.2, 0) is 16.4 Å². The highest BCUT2D eigenvalue weighted by Crippen LogP contribution is 2.25. The second-order valence-corrected chi connectivity index (χ2v) is 7.86. The molecule has 1 aromatic heterocycles. The fourth-order valence-electron chi connectivity index (χ4n) is 2.06. The second-order valence-electron chi connectivity index (χ2n) is 5.60. The molecular weight excluding hydrogens is 286 g/mol. The van der Waals surface area contributed by atoms with Gasteiger partial charge in [0, 0.05) is 18.0 Å². The molecular formula is C15H21N3O2S. The lowest BCUT2D eigenvalue weighted by Crippen LogP contribution is -2.11. The summed E-state index contributed by atoms with van der Waals surface area (Å²) in [6, 6.07) is 8.12. The standard InChI is InChI=1S/C15H21N3O2S/c1-11(2)12-4-6-13(7-5-12)15-14(16)10-18(17-15)8-9-21(3,19)20/h4-7,10-11H,8-9,16H2,1-3H3. The normalized spacial score (nSPS) is 12.0. The van der Waals surface area contributed by atoms with E-state index in [9.17, 15) is 8.42 Å². The van der Waals surface area contributed by atoms with E-state index in [1.165, 1.54) is 11.8 Å². The van der Waals surface area contributed by atoms with Gasteiger partial charge < -0.3 is 5.73 Å². The van der Waals surface area contributed by atoms with Crippen LogP contribution in [0.2, 0.25) is 0 Å². The van der Waals surface area contributed by atoms with Crippen molar-refractivity contribution in [3.8, 4) is 11.3 Å². The van der Waals surface area contributed by atoms with Gasteiger partial charge in [0.2, 0.25) is 0 Å². The van der Waals surface area contributed by atoms with E-state index in [2.05, 4.69) is 31.1 Å². The molecule has 0 fully saturated rings. The van der Waals surface area contributed by atoms with E-state index in [1.807, 2.05) is 12.1 Å². The van der Waals surface area contributed by atoms with Gasteiger partial charge in [-0.3, -0.25) is 4.68 Å². The molecule has 0 spiro atoms. The Hall–Kier alpha value is -1.82. The largest absolute Gasteiger partial charge is 0.396 e. The summed E-state index contributed by atoms with van der Waals surface area (Å²) in [6.07, 6.45) is 2.89. The van der Waals surface area contributed by atoms with Crippen LogP contribution in [0.5, 0.6) is 0 Å². The first-order chi connectivity index (χ1) is 9.76. The fraction of sp³-hybridized carbons (Fsp3) is 0.400. The van der Waals surface area contributed by atoms with Crippen molar-refractivity contribution in [3.05, 3.63) is 36.0 Å². The molecule has 114 valence electrons. The average Bonchev–Trinajstić information content (AvgIpc) is 2.77. The summed E-state index contributed by atoms with van der Waals surface area (Å²) in [5.74, 6) is 0.531. The fourth-order valence-corrected chi connectivity index (χ4v) is 2.58. The maximum atomic E-state index is 11.2. The van der Waals surface area contributed by atoms with Crippen LogP contribution in [0.4, 0.5) is 5.69 Å². The van der Waals surface area contributed by atoms with E-state index in [4.69, 9.17) is 5.73 Å². The summed E-state index contributed by atoms with van der Waals surface area (Å²) >= 11 is 0. The van der Waals surface area contributed by atoms with Gasteiger partial charge in [0.05, 0.1) is 18.0 Å². The van der Waals surface area contributed by atoms with Crippen LogP contribution in [0.1, 0.15) is 25.3 Å². The maximum Gasteiger partial charge on any atom is 0.149 e. The van der Waals surface area contributed by atoms with Crippen LogP contribution in [-0.4, -0.2) is 30.2 Å². The molecule has 5 nitrogen and oxygen atoms in total. The lowest BCUT2D eigenvalue weighted by atomic mass is 10.0. The van der Waals surface area contributed by atoms with E-state index < -0.39 is 9.84 Å². The monoisotopic (exact) mass is 307 g/mol. The predicted octanol–water partition coefficient (Wildman–Crippen LogP) is 2.30. The van der Waals surface area contributed by atoms with Crippen molar-refractivity contribution in [1.29, 1.82) is 0 Å². The number of rotatable bonds is 5. The van der Waals surface area contributed by atoms with E-state index in [0.717, 1.165) is 5.56 Å². The van der Waals surface area contributed by atoms with Gasteiger partial charge in [-0.2, -0.15) is 5.10 Å². The molecule has 2 N–H and O–H groups in total. The first kappa shape index (κ1) is 15.6. The highest BCUT2D eigenvalue weighted by molar-refractivity contribution is 7.90. The van der Waals surface area contributed by atoms with Crippen LogP contribution in [0, 0.1) is 0 Å². The minimum atomic E-state index is -3.01. The van der Waals surface area contributed by atoms with E-state index >= 15 is 0 Å². The van der Waals surface area contributed by atoms with E-state index in [-0.39, 0.29) is 5.75 Å². The highest BCUT2D eigenvalue weighted by Gasteiger charge is 2.10. The Morgan fingerprint density at radius 1 is 1.24 bits per heavy atom. The lowest BCUT2D eigenvalue weighted by Gasteiger charge is -2.06. The summed E-state index contributed by atoms with van der Waals surface area (Å²) < 4.78 is 24.0. The van der Waals surface area contributed by atoms with Crippen molar-refractivity contribution in [2.75, 3.05) is 17.7 Å². The Labute approximate surface area is 125 Å². The first-order valence-electron chi connectivity index (χ1n) is 6.87. The Kier molecular flexibility index (Phi) is 4.37. The molecule has 6 heteroatoms. The molecule has 0 amide bonds. The summed E-state index contributed by atoms with van der Waals surface area (Å²) in [7, 11) is -3.01. The topological polar surface area (TPSA) is 78.0 Å². The first-order valence-corrected chi connectivity index (χ1v) is 8.93. The van der Waals surface area contributed by atoms with Crippen molar-refractivity contribution < 1.29 is 8.42 Å². The molecule has 0 unspecified atom stereocenters. The molecule has 0 saturated heterocycles. The molecule has 2 rings (SSSR count). The van der Waals surface area contributed by atoms with Crippen LogP contribution in [0.3, 0.4) is 0 Å². The van der Waals surface area contributed by atoms with Gasteiger partial charge in [-0.15, -0.1) is 0 Å². The number of nitrogen functional groups attached to an aromatic ring is 1. The van der Waals surface area contributed by atoms with E-state index in [0.29, 0.717) is 23.8 Å². The zero-order valence-electron chi connectivity index (χ0n) is 12.6. The van der Waals surface area contributed by atoms with Crippen LogP contribution >= 0.6 is 0 Å². The SMILES string of the molecule is CC(C)c1ccc(-c2nn(CCS(C)(=O)=O)cc2N)cc1. The molecule has 2 aromatic rings. The van der Waals surface area contributed by atoms with Crippen molar-refractivity contribution in [1.82, 2.24) is 9.78 Å². The van der Waals surface area contributed by atoms with Gasteiger partial charge in [0.25, 0.3) is 0 Å². The molecule has 0 saturated carbocycles. The van der Waals surface area contributed by atoms with Crippen molar-refractivity contribution >= 4 is 15.5 Å². The molecule has 0 aliphatic heterocycles. The Balaban J connectivity index is 2.22. The zero-order chi connectivity index (χ0) is 15.6. The molecule has 0 aliphatic rings. The number of aromatic nitrogens is 2. The molecule has 0 atom stereocenters. The number of nitrogens with zero attached hydrogens (tertiary/aromatic N) is 2. The van der Waals surface area contributed by atoms with Gasteiger partial charge >= 0.3 is 0 Å². The number of aryl methyl sites for hydroxylation is 1. The molecule has 21 heavy (non-hydrogen) atoms. The summed E-state index contributed by atoms with van der Waals surface area (Å²) in [4.78, 5) is 0. The summed E-state index contributed by atoms with van der Waals surface area (Å²) in [5.41, 5.74) is 9.43. The number of nitrogens with two attached hydrogens (primary N) is 1. The van der Waals surface area contributed by atoms with Gasteiger partial charge in [-0.1, -0.05) is 38.1 Å². The minimum absolute atomic E-state index is 0.0554. The average molecular weight is 307 g/mol. The minimum Gasteiger partial charge on any atom is -0.396 e. The van der Waals surface area contributed by atoms with Gasteiger partial charge in [-0.25, -0.2) is 8.42 Å². The third kappa shape index (κ3) is 4.07. The molecule has 1 heterocycles. The highest BCUT2D eigenvalue weighted by atomic mass is 32.2.